The molecule has 2 nitrogen and oxygen atoms in total. The number of piperidine rings is 1. The second kappa shape index (κ2) is 6.34. The molecule has 1 aromatic rings. The molecule has 1 saturated heterocycles. The maximum absolute atomic E-state index is 13.6. The van der Waals surface area contributed by atoms with Gasteiger partial charge < -0.3 is 10.2 Å². The predicted octanol–water partition coefficient (Wildman–Crippen LogP) is 4.33. The first-order valence-electron chi connectivity index (χ1n) is 8.61. The lowest BCUT2D eigenvalue weighted by Gasteiger charge is -2.31. The van der Waals surface area contributed by atoms with E-state index in [4.69, 9.17) is 0 Å². The van der Waals surface area contributed by atoms with Gasteiger partial charge in [0.15, 0.2) is 0 Å². The Kier molecular flexibility index (Phi) is 4.59. The van der Waals surface area contributed by atoms with Crippen molar-refractivity contribution >= 4 is 5.69 Å². The molecule has 1 aromatic carbocycles. The van der Waals surface area contributed by atoms with Gasteiger partial charge in [0.2, 0.25) is 0 Å². The molecule has 0 saturated carbocycles. The Morgan fingerprint density at radius 3 is 2.74 bits per heavy atom. The highest BCUT2D eigenvalue weighted by atomic mass is 19.4. The van der Waals surface area contributed by atoms with Crippen LogP contribution in [0.4, 0.5) is 18.9 Å². The molecule has 0 spiro atoms. The summed E-state index contributed by atoms with van der Waals surface area (Å²) in [7, 11) is 1.82. The smallest absolute Gasteiger partial charge is 0.370 e. The van der Waals surface area contributed by atoms with E-state index < -0.39 is 11.7 Å². The summed E-state index contributed by atoms with van der Waals surface area (Å²) in [6, 6.07) is 3.61. The van der Waals surface area contributed by atoms with Crippen molar-refractivity contribution in [3.05, 3.63) is 28.8 Å². The first kappa shape index (κ1) is 16.6. The van der Waals surface area contributed by atoms with E-state index in [-0.39, 0.29) is 12.0 Å². The summed E-state index contributed by atoms with van der Waals surface area (Å²) in [4.78, 5) is 1.87. The number of rotatable bonds is 4. The van der Waals surface area contributed by atoms with Gasteiger partial charge in [-0.25, -0.2) is 0 Å². The summed E-state index contributed by atoms with van der Waals surface area (Å²) in [5, 5.41) is 3.34. The molecule has 0 amide bonds. The molecule has 0 radical (unpaired) electrons. The molecule has 5 heteroatoms. The van der Waals surface area contributed by atoms with Crippen LogP contribution in [0.3, 0.4) is 0 Å². The van der Waals surface area contributed by atoms with Gasteiger partial charge in [0, 0.05) is 25.6 Å². The number of unbranched alkanes of at least 4 members (excludes halogenated alkanes) is 2. The molecule has 2 unspecified atom stereocenters. The fourth-order valence-electron chi connectivity index (χ4n) is 4.13. The van der Waals surface area contributed by atoms with Crippen molar-refractivity contribution in [3.63, 3.8) is 0 Å². The highest BCUT2D eigenvalue weighted by molar-refractivity contribution is 5.68. The summed E-state index contributed by atoms with van der Waals surface area (Å²) < 4.78 is 40.9. The largest absolute Gasteiger partial charge is 0.418 e. The minimum Gasteiger partial charge on any atom is -0.370 e. The summed E-state index contributed by atoms with van der Waals surface area (Å²) in [5.74, 6) is 0.177. The van der Waals surface area contributed by atoms with Gasteiger partial charge >= 0.3 is 6.18 Å². The van der Waals surface area contributed by atoms with Gasteiger partial charge in [-0.2, -0.15) is 13.2 Å². The predicted molar refractivity (Wildman–Crippen MR) is 87.1 cm³/mol. The van der Waals surface area contributed by atoms with Crippen LogP contribution in [0.2, 0.25) is 0 Å². The van der Waals surface area contributed by atoms with Crippen molar-refractivity contribution < 1.29 is 13.2 Å². The Labute approximate surface area is 136 Å². The van der Waals surface area contributed by atoms with Gasteiger partial charge in [0.1, 0.15) is 0 Å². The van der Waals surface area contributed by atoms with Crippen molar-refractivity contribution in [3.8, 4) is 0 Å². The molecule has 0 aromatic heterocycles. The first-order chi connectivity index (χ1) is 10.9. The molecular weight excluding hydrogens is 301 g/mol. The number of benzene rings is 1. The number of hydrogen-bond acceptors (Lipinski definition) is 2. The zero-order valence-corrected chi connectivity index (χ0v) is 13.8. The number of halogens is 3. The first-order valence-corrected chi connectivity index (χ1v) is 8.61. The minimum atomic E-state index is -4.29. The van der Waals surface area contributed by atoms with Crippen LogP contribution in [0.5, 0.6) is 0 Å². The van der Waals surface area contributed by atoms with Gasteiger partial charge in [-0.05, 0) is 43.0 Å². The molecule has 0 aliphatic carbocycles. The summed E-state index contributed by atoms with van der Waals surface area (Å²) in [6.45, 7) is 3.76. The van der Waals surface area contributed by atoms with Crippen LogP contribution in [-0.2, 0) is 12.6 Å². The molecule has 2 atom stereocenters. The van der Waals surface area contributed by atoms with Crippen LogP contribution in [0.25, 0.3) is 0 Å². The van der Waals surface area contributed by atoms with E-state index >= 15 is 0 Å². The molecule has 2 aliphatic rings. The molecule has 23 heavy (non-hydrogen) atoms. The fraction of sp³-hybridized carbons (Fsp3) is 0.667. The van der Waals surface area contributed by atoms with Gasteiger partial charge in [-0.15, -0.1) is 0 Å². The van der Waals surface area contributed by atoms with Crippen molar-refractivity contribution in [2.24, 2.45) is 0 Å². The van der Waals surface area contributed by atoms with E-state index in [1.54, 1.807) is 0 Å². The Bertz CT molecular complexity index is 568. The second-order valence-corrected chi connectivity index (χ2v) is 6.81. The zero-order chi connectivity index (χ0) is 16.6. The van der Waals surface area contributed by atoms with Crippen LogP contribution in [0.15, 0.2) is 12.1 Å². The number of hydrogen-bond donors (Lipinski definition) is 1. The third-order valence-electron chi connectivity index (χ3n) is 5.27. The number of nitrogens with zero attached hydrogens (tertiary/aromatic N) is 1. The number of alkyl halides is 3. The highest BCUT2D eigenvalue weighted by Crippen LogP contribution is 2.49. The zero-order valence-electron chi connectivity index (χ0n) is 13.8. The van der Waals surface area contributed by atoms with Crippen LogP contribution in [0.1, 0.15) is 55.2 Å². The number of likely N-dealkylation sites (N-methyl/N-ethyl adjacent to an activating group) is 1. The van der Waals surface area contributed by atoms with E-state index in [9.17, 15) is 13.2 Å². The van der Waals surface area contributed by atoms with E-state index in [1.165, 1.54) is 6.07 Å². The maximum Gasteiger partial charge on any atom is 0.418 e. The second-order valence-electron chi connectivity index (χ2n) is 6.81. The van der Waals surface area contributed by atoms with Crippen molar-refractivity contribution in [2.75, 3.05) is 25.0 Å². The van der Waals surface area contributed by atoms with Crippen molar-refractivity contribution in [1.82, 2.24) is 5.32 Å². The molecule has 0 bridgehead atoms. The van der Waals surface area contributed by atoms with Crippen LogP contribution in [0, 0.1) is 0 Å². The number of fused-ring (bicyclic) bond motifs is 3. The van der Waals surface area contributed by atoms with Gasteiger partial charge in [0.25, 0.3) is 0 Å². The third kappa shape index (κ3) is 3.08. The average Bonchev–Trinajstić information content (AvgIpc) is 2.80. The highest BCUT2D eigenvalue weighted by Gasteiger charge is 2.44. The lowest BCUT2D eigenvalue weighted by molar-refractivity contribution is -0.137. The van der Waals surface area contributed by atoms with Gasteiger partial charge in [0.05, 0.1) is 11.3 Å². The average molecular weight is 326 g/mol. The van der Waals surface area contributed by atoms with E-state index in [1.807, 2.05) is 18.0 Å². The fourth-order valence-corrected chi connectivity index (χ4v) is 4.13. The van der Waals surface area contributed by atoms with Crippen molar-refractivity contribution in [1.29, 1.82) is 0 Å². The molecule has 128 valence electrons. The maximum atomic E-state index is 13.6. The minimum absolute atomic E-state index is 0.177. The lowest BCUT2D eigenvalue weighted by atomic mass is 9.88. The van der Waals surface area contributed by atoms with Crippen LogP contribution >= 0.6 is 0 Å². The summed E-state index contributed by atoms with van der Waals surface area (Å²) >= 11 is 0. The Morgan fingerprint density at radius 2 is 2.04 bits per heavy atom. The molecule has 1 fully saturated rings. The molecule has 2 aliphatic heterocycles. The SMILES string of the molecule is CCCCCc1cc2c(c(C(F)(F)F)c1)N(C)C1CCNCC21. The van der Waals surface area contributed by atoms with E-state index in [0.717, 1.165) is 56.3 Å². The number of anilines is 1. The van der Waals surface area contributed by atoms with E-state index in [0.29, 0.717) is 5.69 Å². The number of aryl methyl sites for hydroxylation is 1. The molecular formula is C18H25F3N2. The van der Waals surface area contributed by atoms with Crippen molar-refractivity contribution in [2.45, 2.75) is 57.2 Å². The molecule has 3 rings (SSSR count). The Morgan fingerprint density at radius 1 is 1.26 bits per heavy atom. The summed E-state index contributed by atoms with van der Waals surface area (Å²) in [6.07, 6.45) is 0.437. The quantitative estimate of drug-likeness (QED) is 0.828. The topological polar surface area (TPSA) is 15.3 Å². The molecule has 2 heterocycles. The third-order valence-corrected chi connectivity index (χ3v) is 5.27. The number of nitrogens with one attached hydrogen (secondary N) is 1. The Balaban J connectivity index is 2.02. The van der Waals surface area contributed by atoms with Crippen LogP contribution in [-0.4, -0.2) is 26.2 Å². The monoisotopic (exact) mass is 326 g/mol. The lowest BCUT2D eigenvalue weighted by Crippen LogP contribution is -2.42. The van der Waals surface area contributed by atoms with Crippen LogP contribution < -0.4 is 10.2 Å². The van der Waals surface area contributed by atoms with E-state index in [2.05, 4.69) is 12.2 Å². The normalized spacial score (nSPS) is 23.8. The van der Waals surface area contributed by atoms with Gasteiger partial charge in [-0.3, -0.25) is 0 Å². The summed E-state index contributed by atoms with van der Waals surface area (Å²) in [5.41, 5.74) is 1.70. The Hall–Kier alpha value is -1.23. The van der Waals surface area contributed by atoms with Gasteiger partial charge in [-0.1, -0.05) is 25.8 Å². The standard InChI is InChI=1S/C18H25F3N2/c1-3-4-5-6-12-9-13-14-11-22-8-7-16(14)23(2)17(13)15(10-12)18(19,20)21/h9-10,14,16,22H,3-8,11H2,1-2H3. The molecule has 1 N–H and O–H groups in total.